The molecule has 0 aliphatic carbocycles. The van der Waals surface area contributed by atoms with Crippen molar-refractivity contribution in [1.29, 1.82) is 5.26 Å². The van der Waals surface area contributed by atoms with Gasteiger partial charge in [0.05, 0.1) is 0 Å². The highest BCUT2D eigenvalue weighted by molar-refractivity contribution is 7.13. The van der Waals surface area contributed by atoms with Crippen LogP contribution in [0.2, 0.25) is 0 Å². The summed E-state index contributed by atoms with van der Waals surface area (Å²) in [5, 5.41) is 14.4. The molecular weight excluding hydrogens is 341 g/mol. The quantitative estimate of drug-likeness (QED) is 0.885. The predicted molar refractivity (Wildman–Crippen MR) is 94.7 cm³/mol. The third kappa shape index (κ3) is 5.54. The van der Waals surface area contributed by atoms with Crippen molar-refractivity contribution in [3.05, 3.63) is 40.7 Å². The van der Waals surface area contributed by atoms with Gasteiger partial charge in [0, 0.05) is 28.6 Å². The molecule has 0 fully saturated rings. The Hall–Kier alpha value is -2.46. The van der Waals surface area contributed by atoms with E-state index in [1.54, 1.807) is 32.9 Å². The first kappa shape index (κ1) is 18.9. The second-order valence-corrected chi connectivity index (χ2v) is 7.56. The topological polar surface area (TPSA) is 75.0 Å². The highest BCUT2D eigenvalue weighted by Crippen LogP contribution is 2.26. The summed E-state index contributed by atoms with van der Waals surface area (Å²) in [6.07, 6.45) is -1.78. The minimum absolute atomic E-state index is 0.0168. The number of nitrogens with one attached hydrogen (secondary N) is 1. The minimum atomic E-state index is -1.06. The molecule has 0 radical (unpaired) electrons. The maximum Gasteiger partial charge on any atom is 0.408 e. The van der Waals surface area contributed by atoms with Gasteiger partial charge in [-0.3, -0.25) is 0 Å². The summed E-state index contributed by atoms with van der Waals surface area (Å²) in [5.41, 5.74) is 1.40. The summed E-state index contributed by atoms with van der Waals surface area (Å²) >= 11 is 1.44. The van der Waals surface area contributed by atoms with Gasteiger partial charge in [-0.15, -0.1) is 11.3 Å². The SMILES string of the molecule is Cc1csc(-c2ccc(C[C@@H](C#N)OC(=O)NC(C)(C)C)c(F)c2)n1. The number of rotatable bonds is 4. The van der Waals surface area contributed by atoms with Gasteiger partial charge in [-0.1, -0.05) is 12.1 Å². The number of hydrogen-bond donors (Lipinski definition) is 1. The monoisotopic (exact) mass is 361 g/mol. The van der Waals surface area contributed by atoms with E-state index in [9.17, 15) is 14.4 Å². The molecule has 7 heteroatoms. The fourth-order valence-electron chi connectivity index (χ4n) is 2.11. The van der Waals surface area contributed by atoms with Gasteiger partial charge >= 0.3 is 6.09 Å². The summed E-state index contributed by atoms with van der Waals surface area (Å²) in [7, 11) is 0. The Morgan fingerprint density at radius 3 is 2.72 bits per heavy atom. The Bertz CT molecular complexity index is 805. The van der Waals surface area contributed by atoms with Crippen LogP contribution in [0.4, 0.5) is 9.18 Å². The summed E-state index contributed by atoms with van der Waals surface area (Å²) in [4.78, 5) is 16.1. The van der Waals surface area contributed by atoms with E-state index in [0.717, 1.165) is 10.7 Å². The van der Waals surface area contributed by atoms with Crippen molar-refractivity contribution in [2.24, 2.45) is 0 Å². The van der Waals surface area contributed by atoms with Crippen LogP contribution in [0.3, 0.4) is 0 Å². The summed E-state index contributed by atoms with van der Waals surface area (Å²) in [6, 6.07) is 6.61. The molecule has 0 bridgehead atoms. The largest absolute Gasteiger partial charge is 0.430 e. The number of nitrogens with zero attached hydrogens (tertiary/aromatic N) is 2. The van der Waals surface area contributed by atoms with E-state index in [-0.39, 0.29) is 6.42 Å². The van der Waals surface area contributed by atoms with Gasteiger partial charge in [-0.25, -0.2) is 14.2 Å². The molecule has 1 aromatic heterocycles. The molecule has 0 unspecified atom stereocenters. The molecule has 0 saturated heterocycles. The number of nitriles is 1. The number of ether oxygens (including phenoxy) is 1. The van der Waals surface area contributed by atoms with E-state index in [4.69, 9.17) is 4.74 Å². The van der Waals surface area contributed by atoms with Crippen molar-refractivity contribution in [3.8, 4) is 16.6 Å². The lowest BCUT2D eigenvalue weighted by Gasteiger charge is -2.21. The van der Waals surface area contributed by atoms with Crippen LogP contribution in [0.15, 0.2) is 23.6 Å². The highest BCUT2D eigenvalue weighted by atomic mass is 32.1. The molecule has 0 saturated carbocycles. The lowest BCUT2D eigenvalue weighted by atomic mass is 10.1. The molecule has 1 aromatic carbocycles. The zero-order valence-electron chi connectivity index (χ0n) is 14.6. The van der Waals surface area contributed by atoms with Crippen LogP contribution in [0.5, 0.6) is 0 Å². The van der Waals surface area contributed by atoms with Crippen LogP contribution in [0.25, 0.3) is 10.6 Å². The number of carbonyl (C=O) groups is 1. The number of alkyl carbamates (subject to hydrolysis) is 1. The Morgan fingerprint density at radius 1 is 1.48 bits per heavy atom. The van der Waals surface area contributed by atoms with E-state index < -0.39 is 23.6 Å². The molecule has 1 heterocycles. The maximum absolute atomic E-state index is 14.4. The number of thiazole rings is 1. The Balaban J connectivity index is 2.08. The maximum atomic E-state index is 14.4. The number of aromatic nitrogens is 1. The van der Waals surface area contributed by atoms with Crippen LogP contribution in [-0.4, -0.2) is 22.7 Å². The Labute approximate surface area is 150 Å². The zero-order chi connectivity index (χ0) is 18.6. The molecule has 2 rings (SSSR count). The zero-order valence-corrected chi connectivity index (χ0v) is 15.4. The van der Waals surface area contributed by atoms with E-state index in [1.165, 1.54) is 17.4 Å². The number of amides is 1. The van der Waals surface area contributed by atoms with E-state index >= 15 is 0 Å². The second-order valence-electron chi connectivity index (χ2n) is 6.70. The van der Waals surface area contributed by atoms with Gasteiger partial charge < -0.3 is 10.1 Å². The predicted octanol–water partition coefficient (Wildman–Crippen LogP) is 4.22. The summed E-state index contributed by atoms with van der Waals surface area (Å²) in [5.74, 6) is -0.453. The molecule has 132 valence electrons. The van der Waals surface area contributed by atoms with Gasteiger partial charge in [0.1, 0.15) is 16.9 Å². The molecule has 2 aromatic rings. The number of halogens is 1. The Kier molecular flexibility index (Phi) is 5.75. The van der Waals surface area contributed by atoms with Crippen LogP contribution in [-0.2, 0) is 11.2 Å². The first-order valence-electron chi connectivity index (χ1n) is 7.77. The molecule has 1 amide bonds. The van der Waals surface area contributed by atoms with Crippen LogP contribution >= 0.6 is 11.3 Å². The van der Waals surface area contributed by atoms with Crippen molar-refractivity contribution in [2.75, 3.05) is 0 Å². The van der Waals surface area contributed by atoms with Crippen molar-refractivity contribution in [1.82, 2.24) is 10.3 Å². The average molecular weight is 361 g/mol. The molecule has 1 atom stereocenters. The van der Waals surface area contributed by atoms with Gasteiger partial charge in [-0.2, -0.15) is 5.26 Å². The Morgan fingerprint density at radius 2 is 2.20 bits per heavy atom. The van der Waals surface area contributed by atoms with Crippen LogP contribution in [0, 0.1) is 24.1 Å². The fraction of sp³-hybridized carbons (Fsp3) is 0.389. The summed E-state index contributed by atoms with van der Waals surface area (Å²) in [6.45, 7) is 7.28. The van der Waals surface area contributed by atoms with Crippen molar-refractivity contribution < 1.29 is 13.9 Å². The van der Waals surface area contributed by atoms with Gasteiger partial charge in [0.15, 0.2) is 6.10 Å². The number of carbonyl (C=O) groups excluding carboxylic acids is 1. The fourth-order valence-corrected chi connectivity index (χ4v) is 2.91. The van der Waals surface area contributed by atoms with Gasteiger partial charge in [0.2, 0.25) is 0 Å². The molecule has 25 heavy (non-hydrogen) atoms. The van der Waals surface area contributed by atoms with Crippen molar-refractivity contribution in [2.45, 2.75) is 45.8 Å². The van der Waals surface area contributed by atoms with Crippen molar-refractivity contribution in [3.63, 3.8) is 0 Å². The first-order valence-corrected chi connectivity index (χ1v) is 8.65. The first-order chi connectivity index (χ1) is 11.7. The third-order valence-corrected chi connectivity index (χ3v) is 4.20. The number of aryl methyl sites for hydroxylation is 1. The van der Waals surface area contributed by atoms with Gasteiger partial charge in [-0.05, 0) is 39.3 Å². The van der Waals surface area contributed by atoms with E-state index in [2.05, 4.69) is 10.3 Å². The molecule has 1 N–H and O–H groups in total. The lowest BCUT2D eigenvalue weighted by molar-refractivity contribution is 0.114. The normalized spacial score (nSPS) is 12.3. The molecule has 0 aliphatic rings. The highest BCUT2D eigenvalue weighted by Gasteiger charge is 2.20. The van der Waals surface area contributed by atoms with E-state index in [1.807, 2.05) is 18.4 Å². The molecular formula is C18H20FN3O2S. The third-order valence-electron chi connectivity index (χ3n) is 3.19. The van der Waals surface area contributed by atoms with Crippen LogP contribution < -0.4 is 5.32 Å². The molecule has 5 nitrogen and oxygen atoms in total. The lowest BCUT2D eigenvalue weighted by Crippen LogP contribution is -2.42. The second kappa shape index (κ2) is 7.62. The minimum Gasteiger partial charge on any atom is -0.430 e. The number of hydrogen-bond acceptors (Lipinski definition) is 5. The van der Waals surface area contributed by atoms with Crippen molar-refractivity contribution >= 4 is 17.4 Å². The number of benzene rings is 1. The van der Waals surface area contributed by atoms with Gasteiger partial charge in [0.25, 0.3) is 0 Å². The standard InChI is InChI=1S/C18H20FN3O2S/c1-11-10-25-16(21-11)13-6-5-12(15(19)8-13)7-14(9-20)24-17(23)22-18(2,3)4/h5-6,8,10,14H,7H2,1-4H3,(H,22,23)/t14-/m0/s1. The average Bonchev–Trinajstić information content (AvgIpc) is 2.93. The molecule has 0 aliphatic heterocycles. The molecule has 0 spiro atoms. The van der Waals surface area contributed by atoms with Crippen LogP contribution in [0.1, 0.15) is 32.0 Å². The smallest absolute Gasteiger partial charge is 0.408 e. The summed E-state index contributed by atoms with van der Waals surface area (Å²) < 4.78 is 19.4. The van der Waals surface area contributed by atoms with E-state index in [0.29, 0.717) is 11.1 Å².